The number of alkyl carbamates (subject to hydrolysis) is 1. The van der Waals surface area contributed by atoms with E-state index in [1.807, 2.05) is 6.07 Å². The molecule has 0 aliphatic carbocycles. The van der Waals surface area contributed by atoms with Gasteiger partial charge in [-0.1, -0.05) is 101 Å². The SMILES string of the molecule is CCCCCCCCCCCCNC(=O)[C@@H](Cc1cnc[nH]1)NC(=O)c1cccc(CN(C[C@H](NC(=O)OC(C)(C)C)C(N)=O)C(=O)OCc2ccccc2)n1. The molecular weight excluding hydrogens is 716 g/mol. The molecule has 2 aromatic heterocycles. The molecule has 15 nitrogen and oxygen atoms in total. The smallest absolute Gasteiger partial charge is 0.410 e. The number of hydrogen-bond acceptors (Lipinski definition) is 9. The molecule has 15 heteroatoms. The molecule has 56 heavy (non-hydrogen) atoms. The summed E-state index contributed by atoms with van der Waals surface area (Å²) in [4.78, 5) is 78.0. The zero-order valence-corrected chi connectivity index (χ0v) is 33.3. The third-order valence-corrected chi connectivity index (χ3v) is 8.72. The fraction of sp³-hybridized carbons (Fsp3) is 0.537. The predicted octanol–water partition coefficient (Wildman–Crippen LogP) is 5.70. The Kier molecular flexibility index (Phi) is 19.4. The maximum absolute atomic E-state index is 13.6. The lowest BCUT2D eigenvalue weighted by Crippen LogP contribution is -2.53. The normalized spacial score (nSPS) is 12.2. The Balaban J connectivity index is 1.67. The molecule has 3 aromatic rings. The molecule has 6 N–H and O–H groups in total. The average Bonchev–Trinajstić information content (AvgIpc) is 3.68. The van der Waals surface area contributed by atoms with E-state index in [2.05, 4.69) is 37.8 Å². The van der Waals surface area contributed by atoms with Crippen molar-refractivity contribution in [3.63, 3.8) is 0 Å². The van der Waals surface area contributed by atoms with Crippen LogP contribution in [0, 0.1) is 0 Å². The van der Waals surface area contributed by atoms with E-state index in [1.54, 1.807) is 63.4 Å². The zero-order valence-electron chi connectivity index (χ0n) is 33.3. The van der Waals surface area contributed by atoms with E-state index in [9.17, 15) is 24.0 Å². The maximum atomic E-state index is 13.6. The van der Waals surface area contributed by atoms with E-state index >= 15 is 0 Å². The first-order valence-corrected chi connectivity index (χ1v) is 19.6. The number of aromatic nitrogens is 3. The number of nitrogens with one attached hydrogen (secondary N) is 4. The van der Waals surface area contributed by atoms with Gasteiger partial charge in [-0.3, -0.25) is 19.3 Å². The average molecular weight is 777 g/mol. The molecule has 0 saturated heterocycles. The first kappa shape index (κ1) is 44.9. The number of benzene rings is 1. The number of pyridine rings is 1. The lowest BCUT2D eigenvalue weighted by molar-refractivity contribution is -0.123. The molecule has 2 atom stereocenters. The van der Waals surface area contributed by atoms with E-state index in [0.717, 1.165) is 29.7 Å². The van der Waals surface area contributed by atoms with Crippen LogP contribution in [0.3, 0.4) is 0 Å². The van der Waals surface area contributed by atoms with E-state index in [1.165, 1.54) is 57.3 Å². The van der Waals surface area contributed by atoms with E-state index in [-0.39, 0.29) is 43.4 Å². The maximum Gasteiger partial charge on any atom is 0.410 e. The first-order valence-electron chi connectivity index (χ1n) is 19.6. The van der Waals surface area contributed by atoms with Crippen LogP contribution in [0.1, 0.15) is 119 Å². The number of unbranched alkanes of at least 4 members (excludes halogenated alkanes) is 9. The van der Waals surface area contributed by atoms with Crippen molar-refractivity contribution in [1.29, 1.82) is 0 Å². The standard InChI is InChI=1S/C41H60N8O7/c1-5-6-7-8-9-10-11-12-13-17-23-44-37(51)34(24-32-25-43-29-45-32)47-38(52)33-22-18-21-31(46-33)26-49(40(54)55-28-30-19-15-14-16-20-30)27-35(36(42)50)48-39(53)56-41(2,3)4/h14-16,18-22,25,29,34-35H,5-13,17,23-24,26-28H2,1-4H3,(H2,42,50)(H,43,45)(H,44,51)(H,47,52)(H,48,53)/t34-,35+/m1/s1. The third kappa shape index (κ3) is 17.8. The van der Waals surface area contributed by atoms with Crippen LogP contribution in [0.2, 0.25) is 0 Å². The van der Waals surface area contributed by atoms with Crippen molar-refractivity contribution in [2.75, 3.05) is 13.1 Å². The minimum atomic E-state index is -1.34. The number of amides is 5. The Bertz CT molecular complexity index is 1650. The highest BCUT2D eigenvalue weighted by Gasteiger charge is 2.29. The number of nitrogens with two attached hydrogens (primary N) is 1. The topological polar surface area (TPSA) is 211 Å². The summed E-state index contributed by atoms with van der Waals surface area (Å²) in [6, 6.07) is 11.4. The molecule has 0 radical (unpaired) electrons. The number of ether oxygens (including phenoxy) is 2. The second-order valence-corrected chi connectivity index (χ2v) is 14.8. The highest BCUT2D eigenvalue weighted by atomic mass is 16.6. The van der Waals surface area contributed by atoms with Gasteiger partial charge in [0, 0.05) is 24.9 Å². The number of carbonyl (C=O) groups excluding carboxylic acids is 5. The Hall–Kier alpha value is -5.47. The predicted molar refractivity (Wildman–Crippen MR) is 212 cm³/mol. The van der Waals surface area contributed by atoms with Crippen LogP contribution in [0.4, 0.5) is 9.59 Å². The Labute approximate surface area is 330 Å². The van der Waals surface area contributed by atoms with Crippen LogP contribution < -0.4 is 21.7 Å². The minimum absolute atomic E-state index is 0.00413. The molecule has 1 aromatic carbocycles. The van der Waals surface area contributed by atoms with Crippen LogP contribution in [0.15, 0.2) is 61.1 Å². The number of primary amides is 1. The summed E-state index contributed by atoms with van der Waals surface area (Å²) in [5, 5.41) is 8.18. The van der Waals surface area contributed by atoms with Crippen molar-refractivity contribution in [1.82, 2.24) is 35.8 Å². The van der Waals surface area contributed by atoms with Gasteiger partial charge in [-0.05, 0) is 44.9 Å². The van der Waals surface area contributed by atoms with Gasteiger partial charge in [0.25, 0.3) is 5.91 Å². The van der Waals surface area contributed by atoms with Crippen LogP contribution in [-0.4, -0.2) is 80.5 Å². The second kappa shape index (κ2) is 24.1. The molecule has 0 bridgehead atoms. The molecule has 0 unspecified atom stereocenters. The zero-order chi connectivity index (χ0) is 40.8. The van der Waals surface area contributed by atoms with Crippen LogP contribution in [0.5, 0.6) is 0 Å². The summed E-state index contributed by atoms with van der Waals surface area (Å²) in [6.07, 6.45) is 13.4. The summed E-state index contributed by atoms with van der Waals surface area (Å²) >= 11 is 0. The fourth-order valence-electron chi connectivity index (χ4n) is 5.79. The van der Waals surface area contributed by atoms with Gasteiger partial charge in [-0.2, -0.15) is 0 Å². The molecule has 2 heterocycles. The molecule has 0 aliphatic heterocycles. The van der Waals surface area contributed by atoms with Crippen molar-refractivity contribution >= 4 is 29.9 Å². The van der Waals surface area contributed by atoms with E-state index in [0.29, 0.717) is 12.2 Å². The lowest BCUT2D eigenvalue weighted by atomic mass is 10.1. The molecule has 0 aliphatic rings. The first-order chi connectivity index (χ1) is 26.8. The summed E-state index contributed by atoms with van der Waals surface area (Å²) in [7, 11) is 0. The third-order valence-electron chi connectivity index (χ3n) is 8.72. The van der Waals surface area contributed by atoms with Gasteiger partial charge in [0.15, 0.2) is 0 Å². The highest BCUT2D eigenvalue weighted by molar-refractivity contribution is 5.96. The Morgan fingerprint density at radius 1 is 0.857 bits per heavy atom. The van der Waals surface area contributed by atoms with E-state index < -0.39 is 41.7 Å². The molecule has 5 amide bonds. The van der Waals surface area contributed by atoms with Gasteiger partial charge in [-0.25, -0.2) is 19.6 Å². The van der Waals surface area contributed by atoms with Gasteiger partial charge in [0.05, 0.1) is 25.1 Å². The number of aromatic amines is 1. The summed E-state index contributed by atoms with van der Waals surface area (Å²) in [5.74, 6) is -1.85. The Morgan fingerprint density at radius 3 is 2.16 bits per heavy atom. The van der Waals surface area contributed by atoms with Gasteiger partial charge in [0.1, 0.15) is 30.0 Å². The van der Waals surface area contributed by atoms with E-state index in [4.69, 9.17) is 15.2 Å². The number of hydrogen-bond donors (Lipinski definition) is 5. The Morgan fingerprint density at radius 2 is 1.54 bits per heavy atom. The van der Waals surface area contributed by atoms with Crippen molar-refractivity contribution in [3.05, 3.63) is 83.7 Å². The minimum Gasteiger partial charge on any atom is -0.445 e. The van der Waals surface area contributed by atoms with Crippen molar-refractivity contribution in [2.45, 2.75) is 129 Å². The fourth-order valence-corrected chi connectivity index (χ4v) is 5.79. The van der Waals surface area contributed by atoms with Crippen LogP contribution in [0.25, 0.3) is 0 Å². The molecular formula is C41H60N8O7. The second-order valence-electron chi connectivity index (χ2n) is 14.8. The van der Waals surface area contributed by atoms with Crippen molar-refractivity contribution in [2.24, 2.45) is 5.73 Å². The largest absolute Gasteiger partial charge is 0.445 e. The van der Waals surface area contributed by atoms with Gasteiger partial charge < -0.3 is 36.1 Å². The number of nitrogens with zero attached hydrogens (tertiary/aromatic N) is 3. The van der Waals surface area contributed by atoms with Gasteiger partial charge in [-0.15, -0.1) is 0 Å². The summed E-state index contributed by atoms with van der Waals surface area (Å²) < 4.78 is 10.8. The molecule has 0 saturated carbocycles. The number of imidazole rings is 1. The molecule has 0 fully saturated rings. The summed E-state index contributed by atoms with van der Waals surface area (Å²) in [5.41, 5.74) is 6.43. The van der Waals surface area contributed by atoms with Gasteiger partial charge in [0.2, 0.25) is 11.8 Å². The monoisotopic (exact) mass is 776 g/mol. The van der Waals surface area contributed by atoms with Crippen molar-refractivity contribution < 1.29 is 33.4 Å². The molecule has 0 spiro atoms. The quantitative estimate of drug-likeness (QED) is 0.0706. The lowest BCUT2D eigenvalue weighted by Gasteiger charge is -2.27. The van der Waals surface area contributed by atoms with Crippen LogP contribution in [-0.2, 0) is 38.6 Å². The van der Waals surface area contributed by atoms with Crippen LogP contribution >= 0.6 is 0 Å². The number of H-pyrrole nitrogens is 1. The highest BCUT2D eigenvalue weighted by Crippen LogP contribution is 2.13. The summed E-state index contributed by atoms with van der Waals surface area (Å²) in [6.45, 7) is 7.04. The number of rotatable bonds is 24. The van der Waals surface area contributed by atoms with Gasteiger partial charge >= 0.3 is 12.2 Å². The number of carbonyl (C=O) groups is 5. The molecule has 3 rings (SSSR count). The van der Waals surface area contributed by atoms with Crippen molar-refractivity contribution in [3.8, 4) is 0 Å². The molecule has 306 valence electrons.